The van der Waals surface area contributed by atoms with Crippen molar-refractivity contribution in [2.75, 3.05) is 12.4 Å². The van der Waals surface area contributed by atoms with Gasteiger partial charge in [0.25, 0.3) is 0 Å². The van der Waals surface area contributed by atoms with Gasteiger partial charge in [-0.2, -0.15) is 0 Å². The molecule has 0 saturated heterocycles. The summed E-state index contributed by atoms with van der Waals surface area (Å²) in [6.45, 7) is 4.28. The van der Waals surface area contributed by atoms with Gasteiger partial charge >= 0.3 is 0 Å². The molecule has 1 rings (SSSR count). The quantitative estimate of drug-likeness (QED) is 0.794. The molecule has 5 heteroatoms. The van der Waals surface area contributed by atoms with Gasteiger partial charge in [0.2, 0.25) is 10.0 Å². The first-order valence-electron chi connectivity index (χ1n) is 5.09. The number of aryl methyl sites for hydroxylation is 2. The van der Waals surface area contributed by atoms with E-state index in [2.05, 4.69) is 0 Å². The summed E-state index contributed by atoms with van der Waals surface area (Å²) in [7, 11) is -3.38. The van der Waals surface area contributed by atoms with Gasteiger partial charge in [-0.25, -0.2) is 13.6 Å². The van der Waals surface area contributed by atoms with Gasteiger partial charge in [-0.05, 0) is 31.4 Å². The molecule has 16 heavy (non-hydrogen) atoms. The number of sulfonamides is 1. The van der Waals surface area contributed by atoms with Crippen LogP contribution in [-0.2, 0) is 10.0 Å². The Kier molecular flexibility index (Phi) is 4.32. The minimum Gasteiger partial charge on any atom is -0.493 e. The summed E-state index contributed by atoms with van der Waals surface area (Å²) in [6.07, 6.45) is 0.409. The Labute approximate surface area is 96.5 Å². The number of hydrogen-bond acceptors (Lipinski definition) is 3. The number of benzene rings is 1. The molecule has 0 saturated carbocycles. The van der Waals surface area contributed by atoms with E-state index in [-0.39, 0.29) is 5.75 Å². The summed E-state index contributed by atoms with van der Waals surface area (Å²) in [5, 5.41) is 4.89. The van der Waals surface area contributed by atoms with Crippen molar-refractivity contribution in [3.05, 3.63) is 29.3 Å². The maximum absolute atomic E-state index is 10.7. The summed E-state index contributed by atoms with van der Waals surface area (Å²) in [5.74, 6) is 0.787. The Balaban J connectivity index is 2.49. The fourth-order valence-electron chi connectivity index (χ4n) is 1.46. The average molecular weight is 243 g/mol. The maximum atomic E-state index is 10.7. The van der Waals surface area contributed by atoms with Crippen LogP contribution < -0.4 is 9.88 Å². The first kappa shape index (κ1) is 13.0. The van der Waals surface area contributed by atoms with Crippen molar-refractivity contribution < 1.29 is 13.2 Å². The zero-order chi connectivity index (χ0) is 12.2. The molecular weight excluding hydrogens is 226 g/mol. The average Bonchev–Trinajstić information content (AvgIpc) is 2.14. The molecule has 0 aliphatic rings. The largest absolute Gasteiger partial charge is 0.493 e. The summed E-state index contributed by atoms with van der Waals surface area (Å²) in [4.78, 5) is 0. The Morgan fingerprint density at radius 3 is 2.31 bits per heavy atom. The van der Waals surface area contributed by atoms with Crippen LogP contribution in [0.25, 0.3) is 0 Å². The number of para-hydroxylation sites is 1. The number of rotatable bonds is 5. The molecule has 0 unspecified atom stereocenters. The topological polar surface area (TPSA) is 69.4 Å². The molecule has 4 nitrogen and oxygen atoms in total. The number of nitrogens with two attached hydrogens (primary N) is 1. The molecule has 1 aromatic carbocycles. The maximum Gasteiger partial charge on any atom is 0.209 e. The SMILES string of the molecule is Cc1cccc(C)c1OCCCS(N)(=O)=O. The van der Waals surface area contributed by atoms with Crippen LogP contribution in [0.5, 0.6) is 5.75 Å². The van der Waals surface area contributed by atoms with Gasteiger partial charge in [-0.15, -0.1) is 0 Å². The van der Waals surface area contributed by atoms with Gasteiger partial charge in [-0.1, -0.05) is 18.2 Å². The predicted octanol–water partition coefficient (Wildman–Crippen LogP) is 1.36. The van der Waals surface area contributed by atoms with E-state index in [9.17, 15) is 8.42 Å². The van der Waals surface area contributed by atoms with Crippen LogP contribution >= 0.6 is 0 Å². The molecule has 0 amide bonds. The number of primary sulfonamides is 1. The smallest absolute Gasteiger partial charge is 0.209 e. The summed E-state index contributed by atoms with van der Waals surface area (Å²) < 4.78 is 26.9. The third-order valence-electron chi connectivity index (χ3n) is 2.23. The molecule has 0 radical (unpaired) electrons. The van der Waals surface area contributed by atoms with Crippen molar-refractivity contribution >= 4 is 10.0 Å². The second-order valence-electron chi connectivity index (χ2n) is 3.79. The third kappa shape index (κ3) is 4.20. The first-order chi connectivity index (χ1) is 7.40. The Morgan fingerprint density at radius 2 is 1.81 bits per heavy atom. The monoisotopic (exact) mass is 243 g/mol. The highest BCUT2D eigenvalue weighted by Crippen LogP contribution is 2.22. The van der Waals surface area contributed by atoms with Crippen LogP contribution in [0.3, 0.4) is 0 Å². The molecule has 0 fully saturated rings. The van der Waals surface area contributed by atoms with Crippen molar-refractivity contribution in [1.82, 2.24) is 0 Å². The molecule has 0 bridgehead atoms. The van der Waals surface area contributed by atoms with Gasteiger partial charge in [0.1, 0.15) is 5.75 Å². The second-order valence-corrected chi connectivity index (χ2v) is 5.52. The lowest BCUT2D eigenvalue weighted by Gasteiger charge is -2.11. The Morgan fingerprint density at radius 1 is 1.25 bits per heavy atom. The van der Waals surface area contributed by atoms with Crippen molar-refractivity contribution in [3.8, 4) is 5.75 Å². The van der Waals surface area contributed by atoms with E-state index in [4.69, 9.17) is 9.88 Å². The molecule has 1 aromatic rings. The minimum absolute atomic E-state index is 0.0437. The molecule has 0 aliphatic heterocycles. The molecule has 90 valence electrons. The van der Waals surface area contributed by atoms with Gasteiger partial charge < -0.3 is 4.74 Å². The lowest BCUT2D eigenvalue weighted by atomic mass is 10.1. The van der Waals surface area contributed by atoms with Crippen molar-refractivity contribution in [1.29, 1.82) is 0 Å². The molecule has 0 aliphatic carbocycles. The molecular formula is C11H17NO3S. The highest BCUT2D eigenvalue weighted by molar-refractivity contribution is 7.89. The van der Waals surface area contributed by atoms with Crippen molar-refractivity contribution in [3.63, 3.8) is 0 Å². The van der Waals surface area contributed by atoms with E-state index in [0.29, 0.717) is 13.0 Å². The van der Waals surface area contributed by atoms with Crippen LogP contribution in [0.15, 0.2) is 18.2 Å². The van der Waals surface area contributed by atoms with Crippen LogP contribution in [-0.4, -0.2) is 20.8 Å². The second kappa shape index (κ2) is 5.32. The Bertz CT molecular complexity index is 434. The fourth-order valence-corrected chi connectivity index (χ4v) is 1.98. The molecule has 0 heterocycles. The van der Waals surface area contributed by atoms with Gasteiger partial charge in [0.05, 0.1) is 12.4 Å². The molecule has 0 atom stereocenters. The normalized spacial score (nSPS) is 11.4. The number of hydrogen-bond donors (Lipinski definition) is 1. The van der Waals surface area contributed by atoms with Gasteiger partial charge in [0, 0.05) is 0 Å². The Hall–Kier alpha value is -1.07. The van der Waals surface area contributed by atoms with Crippen LogP contribution in [0.2, 0.25) is 0 Å². The van der Waals surface area contributed by atoms with E-state index in [1.54, 1.807) is 0 Å². The standard InChI is InChI=1S/C11H17NO3S/c1-9-5-3-6-10(2)11(9)15-7-4-8-16(12,13)14/h3,5-6H,4,7-8H2,1-2H3,(H2,12,13,14). The minimum atomic E-state index is -3.38. The van der Waals surface area contributed by atoms with Gasteiger partial charge in [-0.3, -0.25) is 0 Å². The van der Waals surface area contributed by atoms with Gasteiger partial charge in [0.15, 0.2) is 0 Å². The van der Waals surface area contributed by atoms with E-state index in [1.165, 1.54) is 0 Å². The lowest BCUT2D eigenvalue weighted by molar-refractivity contribution is 0.313. The third-order valence-corrected chi connectivity index (χ3v) is 3.09. The van der Waals surface area contributed by atoms with Crippen molar-refractivity contribution in [2.45, 2.75) is 20.3 Å². The predicted molar refractivity (Wildman–Crippen MR) is 64.0 cm³/mol. The van der Waals surface area contributed by atoms with E-state index >= 15 is 0 Å². The van der Waals surface area contributed by atoms with E-state index in [1.807, 2.05) is 32.0 Å². The summed E-state index contributed by atoms with van der Waals surface area (Å²) >= 11 is 0. The highest BCUT2D eigenvalue weighted by Gasteiger charge is 2.05. The fraction of sp³-hybridized carbons (Fsp3) is 0.455. The zero-order valence-corrected chi connectivity index (χ0v) is 10.4. The van der Waals surface area contributed by atoms with Crippen LogP contribution in [0.1, 0.15) is 17.5 Å². The molecule has 0 aromatic heterocycles. The summed E-state index contributed by atoms with van der Waals surface area (Å²) in [6, 6.07) is 5.88. The van der Waals surface area contributed by atoms with Crippen LogP contribution in [0.4, 0.5) is 0 Å². The zero-order valence-electron chi connectivity index (χ0n) is 9.56. The lowest BCUT2D eigenvalue weighted by Crippen LogP contribution is -2.18. The van der Waals surface area contributed by atoms with E-state index < -0.39 is 10.0 Å². The molecule has 2 N–H and O–H groups in total. The first-order valence-corrected chi connectivity index (χ1v) is 6.81. The number of ether oxygens (including phenoxy) is 1. The summed E-state index contributed by atoms with van der Waals surface area (Å²) in [5.41, 5.74) is 2.10. The van der Waals surface area contributed by atoms with E-state index in [0.717, 1.165) is 16.9 Å². The highest BCUT2D eigenvalue weighted by atomic mass is 32.2. The molecule has 0 spiro atoms. The van der Waals surface area contributed by atoms with Crippen molar-refractivity contribution in [2.24, 2.45) is 5.14 Å². The van der Waals surface area contributed by atoms with Crippen LogP contribution in [0, 0.1) is 13.8 Å².